The van der Waals surface area contributed by atoms with E-state index in [0.717, 1.165) is 0 Å². The van der Waals surface area contributed by atoms with Crippen LogP contribution < -0.4 is 10.6 Å². The van der Waals surface area contributed by atoms with E-state index < -0.39 is 23.9 Å². The molecule has 0 spiro atoms. The van der Waals surface area contributed by atoms with Crippen molar-refractivity contribution in [3.05, 3.63) is 12.4 Å². The molecule has 0 aromatic carbocycles. The molecule has 1 aromatic heterocycles. The summed E-state index contributed by atoms with van der Waals surface area (Å²) in [5.41, 5.74) is 0.379. The van der Waals surface area contributed by atoms with Crippen molar-refractivity contribution in [2.45, 2.75) is 12.7 Å². The molecule has 6 nitrogen and oxygen atoms in total. The van der Waals surface area contributed by atoms with Crippen LogP contribution in [0.2, 0.25) is 0 Å². The summed E-state index contributed by atoms with van der Waals surface area (Å²) in [5.74, 6) is -3.41. The summed E-state index contributed by atoms with van der Waals surface area (Å²) in [6, 6.07) is 0. The molecule has 0 bridgehead atoms. The normalized spacial score (nSPS) is 22.5. The van der Waals surface area contributed by atoms with Crippen LogP contribution in [-0.4, -0.2) is 48.7 Å². The number of nitrogens with one attached hydrogen (secondary N) is 2. The van der Waals surface area contributed by atoms with Crippen molar-refractivity contribution in [3.63, 3.8) is 0 Å². The minimum Gasteiger partial charge on any atom is -0.383 e. The van der Waals surface area contributed by atoms with E-state index in [1.165, 1.54) is 6.20 Å². The van der Waals surface area contributed by atoms with Crippen LogP contribution in [0.4, 0.5) is 18.9 Å². The average Bonchev–Trinajstić information content (AvgIpc) is 3.04. The maximum absolute atomic E-state index is 12.8. The van der Waals surface area contributed by atoms with Crippen LogP contribution in [0.3, 0.4) is 0 Å². The van der Waals surface area contributed by atoms with Crippen molar-refractivity contribution in [2.75, 3.05) is 32.1 Å². The fourth-order valence-electron chi connectivity index (χ4n) is 2.27. The Morgan fingerprint density at radius 1 is 1.57 bits per heavy atom. The summed E-state index contributed by atoms with van der Waals surface area (Å²) in [6.07, 6.45) is -1.42. The third kappa shape index (κ3) is 3.94. The highest BCUT2D eigenvalue weighted by molar-refractivity contribution is 5.93. The first-order chi connectivity index (χ1) is 9.91. The number of aromatic nitrogens is 2. The standard InChI is InChI=1S/C12H17F3N4O2/c1-21-3-2-19-7-8(4-17-19)18-11(20)9-5-16-6-10(9)12(13,14)15/h4,7,9-10,16H,2-3,5-6H2,1H3,(H,18,20)/t9-,10-/m1/s1. The van der Waals surface area contributed by atoms with Crippen molar-refractivity contribution in [1.82, 2.24) is 15.1 Å². The lowest BCUT2D eigenvalue weighted by molar-refractivity contribution is -0.181. The van der Waals surface area contributed by atoms with Crippen molar-refractivity contribution < 1.29 is 22.7 Å². The van der Waals surface area contributed by atoms with Crippen LogP contribution in [0.25, 0.3) is 0 Å². The molecule has 1 fully saturated rings. The molecule has 1 aliphatic rings. The Hall–Kier alpha value is -1.61. The molecule has 9 heteroatoms. The average molecular weight is 306 g/mol. The lowest BCUT2D eigenvalue weighted by atomic mass is 9.94. The summed E-state index contributed by atoms with van der Waals surface area (Å²) in [7, 11) is 1.55. The molecule has 118 valence electrons. The third-order valence-electron chi connectivity index (χ3n) is 3.40. The lowest BCUT2D eigenvalue weighted by Gasteiger charge is -2.20. The highest BCUT2D eigenvalue weighted by Gasteiger charge is 2.49. The van der Waals surface area contributed by atoms with E-state index in [1.807, 2.05) is 0 Å². The molecule has 1 aliphatic heterocycles. The van der Waals surface area contributed by atoms with E-state index in [0.29, 0.717) is 18.8 Å². The summed E-state index contributed by atoms with van der Waals surface area (Å²) in [4.78, 5) is 12.0. The van der Waals surface area contributed by atoms with Gasteiger partial charge in [0.1, 0.15) is 0 Å². The minimum atomic E-state index is -4.38. The molecular formula is C12H17F3N4O2. The van der Waals surface area contributed by atoms with Gasteiger partial charge in [0.25, 0.3) is 0 Å². The Morgan fingerprint density at radius 2 is 2.33 bits per heavy atom. The first-order valence-electron chi connectivity index (χ1n) is 6.51. The third-order valence-corrected chi connectivity index (χ3v) is 3.40. The van der Waals surface area contributed by atoms with Crippen LogP contribution in [0.5, 0.6) is 0 Å². The zero-order valence-corrected chi connectivity index (χ0v) is 11.5. The van der Waals surface area contributed by atoms with Crippen molar-refractivity contribution >= 4 is 11.6 Å². The smallest absolute Gasteiger partial charge is 0.383 e. The molecule has 1 amide bonds. The van der Waals surface area contributed by atoms with Crippen molar-refractivity contribution in [3.8, 4) is 0 Å². The van der Waals surface area contributed by atoms with Gasteiger partial charge in [0.05, 0.1) is 36.9 Å². The van der Waals surface area contributed by atoms with Gasteiger partial charge in [-0.15, -0.1) is 0 Å². The van der Waals surface area contributed by atoms with Crippen LogP contribution in [-0.2, 0) is 16.1 Å². The van der Waals surface area contributed by atoms with Crippen molar-refractivity contribution in [2.24, 2.45) is 11.8 Å². The molecule has 2 rings (SSSR count). The Balaban J connectivity index is 1.96. The predicted molar refractivity (Wildman–Crippen MR) is 68.6 cm³/mol. The van der Waals surface area contributed by atoms with Crippen LogP contribution in [0.1, 0.15) is 0 Å². The Morgan fingerprint density at radius 3 is 3.00 bits per heavy atom. The number of ether oxygens (including phenoxy) is 1. The molecule has 0 saturated carbocycles. The van der Waals surface area contributed by atoms with Crippen LogP contribution >= 0.6 is 0 Å². The molecule has 2 N–H and O–H groups in total. The predicted octanol–water partition coefficient (Wildman–Crippen LogP) is 0.866. The number of carbonyl (C=O) groups is 1. The molecule has 21 heavy (non-hydrogen) atoms. The zero-order valence-electron chi connectivity index (χ0n) is 11.5. The van der Waals surface area contributed by atoms with Gasteiger partial charge < -0.3 is 15.4 Å². The van der Waals surface area contributed by atoms with Gasteiger partial charge in [-0.2, -0.15) is 18.3 Å². The van der Waals surface area contributed by atoms with Crippen molar-refractivity contribution in [1.29, 1.82) is 0 Å². The van der Waals surface area contributed by atoms with Gasteiger partial charge in [0.2, 0.25) is 5.91 Å². The van der Waals surface area contributed by atoms with E-state index in [9.17, 15) is 18.0 Å². The minimum absolute atomic E-state index is 0.0216. The van der Waals surface area contributed by atoms with Crippen LogP contribution in [0.15, 0.2) is 12.4 Å². The summed E-state index contributed by atoms with van der Waals surface area (Å²) in [5, 5.41) is 9.08. The molecule has 0 radical (unpaired) electrons. The molecule has 2 heterocycles. The number of methoxy groups -OCH3 is 1. The van der Waals surface area contributed by atoms with Crippen LogP contribution in [0, 0.1) is 11.8 Å². The number of alkyl halides is 3. The molecule has 0 unspecified atom stereocenters. The van der Waals surface area contributed by atoms with Gasteiger partial charge in [-0.1, -0.05) is 0 Å². The number of rotatable bonds is 5. The summed E-state index contributed by atoms with van der Waals surface area (Å²) in [6.45, 7) is 0.753. The second-order valence-electron chi connectivity index (χ2n) is 4.89. The molecule has 0 aliphatic carbocycles. The van der Waals surface area contributed by atoms with Gasteiger partial charge in [-0.3, -0.25) is 9.48 Å². The fraction of sp³-hybridized carbons (Fsp3) is 0.667. The largest absolute Gasteiger partial charge is 0.393 e. The summed E-state index contributed by atoms with van der Waals surface area (Å²) >= 11 is 0. The quantitative estimate of drug-likeness (QED) is 0.847. The molecule has 2 atom stereocenters. The highest BCUT2D eigenvalue weighted by Crippen LogP contribution is 2.34. The second kappa shape index (κ2) is 6.44. The maximum atomic E-state index is 12.8. The van der Waals surface area contributed by atoms with E-state index in [4.69, 9.17) is 4.74 Å². The number of anilines is 1. The number of carbonyl (C=O) groups excluding carboxylic acids is 1. The van der Waals surface area contributed by atoms with Gasteiger partial charge in [-0.25, -0.2) is 0 Å². The lowest BCUT2D eigenvalue weighted by Crippen LogP contribution is -2.36. The van der Waals surface area contributed by atoms with E-state index >= 15 is 0 Å². The van der Waals surface area contributed by atoms with Gasteiger partial charge >= 0.3 is 6.18 Å². The van der Waals surface area contributed by atoms with Gasteiger partial charge in [0.15, 0.2) is 0 Å². The monoisotopic (exact) mass is 306 g/mol. The zero-order chi connectivity index (χ0) is 15.5. The fourth-order valence-corrected chi connectivity index (χ4v) is 2.27. The Kier molecular flexibility index (Phi) is 4.84. The first-order valence-corrected chi connectivity index (χ1v) is 6.51. The van der Waals surface area contributed by atoms with E-state index in [1.54, 1.807) is 18.0 Å². The van der Waals surface area contributed by atoms with E-state index in [-0.39, 0.29) is 13.1 Å². The molecule has 1 saturated heterocycles. The maximum Gasteiger partial charge on any atom is 0.393 e. The summed E-state index contributed by atoms with van der Waals surface area (Å²) < 4.78 is 44.8. The first kappa shape index (κ1) is 15.8. The topological polar surface area (TPSA) is 68.2 Å². The number of hydrogen-bond acceptors (Lipinski definition) is 4. The highest BCUT2D eigenvalue weighted by atomic mass is 19.4. The number of hydrogen-bond donors (Lipinski definition) is 2. The number of nitrogens with zero attached hydrogens (tertiary/aromatic N) is 2. The number of halogens is 3. The second-order valence-corrected chi connectivity index (χ2v) is 4.89. The molecular weight excluding hydrogens is 289 g/mol. The number of amides is 1. The van der Waals surface area contributed by atoms with Gasteiger partial charge in [-0.05, 0) is 0 Å². The Bertz CT molecular complexity index is 489. The Labute approximate surface area is 119 Å². The molecule has 1 aromatic rings. The van der Waals surface area contributed by atoms with Gasteiger partial charge in [0, 0.05) is 26.4 Å². The SMILES string of the molecule is COCCn1cc(NC(=O)[C@@H]2CNC[C@H]2C(F)(F)F)cn1. The van der Waals surface area contributed by atoms with E-state index in [2.05, 4.69) is 15.7 Å².